The van der Waals surface area contributed by atoms with Crippen molar-refractivity contribution in [1.29, 1.82) is 0 Å². The number of carbonyl (C=O) groups excluding carboxylic acids is 1. The topological polar surface area (TPSA) is 38.1 Å². The van der Waals surface area contributed by atoms with Crippen molar-refractivity contribution in [2.24, 2.45) is 5.92 Å². The number of carbonyl (C=O) groups is 1. The monoisotopic (exact) mass is 405 g/mol. The molecule has 6 heteroatoms. The summed E-state index contributed by atoms with van der Waals surface area (Å²) in [6, 6.07) is 8.19. The summed E-state index contributed by atoms with van der Waals surface area (Å²) in [4.78, 5) is 19.3. The lowest BCUT2D eigenvalue weighted by Gasteiger charge is -2.33. The molecule has 1 aliphatic rings. The summed E-state index contributed by atoms with van der Waals surface area (Å²) in [6.07, 6.45) is 5.35. The highest BCUT2D eigenvalue weighted by Crippen LogP contribution is 2.29. The van der Waals surface area contributed by atoms with Crippen LogP contribution >= 0.6 is 23.4 Å². The molecule has 0 radical (unpaired) electrons. The lowest BCUT2D eigenvalue weighted by molar-refractivity contribution is -0.131. The predicted molar refractivity (Wildman–Crippen MR) is 113 cm³/mol. The summed E-state index contributed by atoms with van der Waals surface area (Å²) in [7, 11) is 0. The van der Waals surface area contributed by atoms with Gasteiger partial charge >= 0.3 is 0 Å². The first-order chi connectivity index (χ1) is 13.0. The van der Waals surface area contributed by atoms with Crippen molar-refractivity contribution in [1.82, 2.24) is 14.5 Å². The molecule has 1 aliphatic heterocycles. The molecular formula is C21H28ClN3OS. The Morgan fingerprint density at radius 2 is 2.04 bits per heavy atom. The number of nitrogens with zero attached hydrogens (tertiary/aromatic N) is 3. The van der Waals surface area contributed by atoms with Gasteiger partial charge in [-0.1, -0.05) is 49.3 Å². The van der Waals surface area contributed by atoms with Crippen LogP contribution in [0, 0.1) is 5.92 Å². The predicted octanol–water partition coefficient (Wildman–Crippen LogP) is 5.35. The van der Waals surface area contributed by atoms with Crippen molar-refractivity contribution in [3.8, 4) is 11.3 Å². The fourth-order valence-electron chi connectivity index (χ4n) is 3.54. The van der Waals surface area contributed by atoms with Crippen LogP contribution in [0.2, 0.25) is 5.02 Å². The lowest BCUT2D eigenvalue weighted by atomic mass is 10.0. The van der Waals surface area contributed by atoms with Crippen LogP contribution in [0.25, 0.3) is 11.3 Å². The van der Waals surface area contributed by atoms with Gasteiger partial charge in [0.1, 0.15) is 0 Å². The van der Waals surface area contributed by atoms with E-state index in [1.165, 1.54) is 6.42 Å². The van der Waals surface area contributed by atoms with Gasteiger partial charge in [-0.2, -0.15) is 0 Å². The van der Waals surface area contributed by atoms with Gasteiger partial charge in [-0.25, -0.2) is 4.98 Å². The van der Waals surface area contributed by atoms with Crippen molar-refractivity contribution < 1.29 is 4.79 Å². The zero-order valence-corrected chi connectivity index (χ0v) is 17.9. The molecule has 1 atom stereocenters. The van der Waals surface area contributed by atoms with Gasteiger partial charge in [0.25, 0.3) is 0 Å². The SMILES string of the molecule is CC(C)Cn1c(-c2ccc(Cl)cc2)cnc1SCC(=O)N1CCCC[C@H]1C. The smallest absolute Gasteiger partial charge is 0.233 e. The second kappa shape index (κ2) is 9.16. The number of imidazole rings is 1. The number of likely N-dealkylation sites (tertiary alicyclic amines) is 1. The molecule has 1 aromatic carbocycles. The van der Waals surface area contributed by atoms with E-state index in [2.05, 4.69) is 30.3 Å². The van der Waals surface area contributed by atoms with E-state index in [4.69, 9.17) is 11.6 Å². The van der Waals surface area contributed by atoms with Crippen LogP contribution in [0.5, 0.6) is 0 Å². The zero-order chi connectivity index (χ0) is 19.4. The van der Waals surface area contributed by atoms with Crippen LogP contribution in [0.4, 0.5) is 0 Å². The zero-order valence-electron chi connectivity index (χ0n) is 16.3. The van der Waals surface area contributed by atoms with Crippen LogP contribution < -0.4 is 0 Å². The fraction of sp³-hybridized carbons (Fsp3) is 0.524. The summed E-state index contributed by atoms with van der Waals surface area (Å²) in [5.41, 5.74) is 2.16. The van der Waals surface area contributed by atoms with E-state index in [0.717, 1.165) is 47.4 Å². The number of hydrogen-bond donors (Lipinski definition) is 0. The Hall–Kier alpha value is -1.46. The molecule has 0 aliphatic carbocycles. The van der Waals surface area contributed by atoms with Crippen molar-refractivity contribution in [3.63, 3.8) is 0 Å². The number of piperidine rings is 1. The number of rotatable bonds is 6. The van der Waals surface area contributed by atoms with Crippen LogP contribution in [-0.2, 0) is 11.3 Å². The summed E-state index contributed by atoms with van der Waals surface area (Å²) in [6.45, 7) is 8.30. The van der Waals surface area contributed by atoms with Crippen LogP contribution in [-0.4, -0.2) is 38.7 Å². The lowest BCUT2D eigenvalue weighted by Crippen LogP contribution is -2.43. The maximum atomic E-state index is 12.7. The maximum Gasteiger partial charge on any atom is 0.233 e. The quantitative estimate of drug-likeness (QED) is 0.607. The van der Waals surface area contributed by atoms with Gasteiger partial charge in [0, 0.05) is 24.2 Å². The Labute approximate surface area is 171 Å². The van der Waals surface area contributed by atoms with Crippen LogP contribution in [0.1, 0.15) is 40.0 Å². The molecule has 2 aromatic rings. The average molecular weight is 406 g/mol. The first-order valence-electron chi connectivity index (χ1n) is 9.69. The Kier molecular flexibility index (Phi) is 6.88. The largest absolute Gasteiger partial charge is 0.339 e. The number of aromatic nitrogens is 2. The summed E-state index contributed by atoms with van der Waals surface area (Å²) in [5.74, 6) is 1.15. The second-order valence-corrected chi connectivity index (χ2v) is 9.04. The van der Waals surface area contributed by atoms with Crippen molar-refractivity contribution in [3.05, 3.63) is 35.5 Å². The van der Waals surface area contributed by atoms with Gasteiger partial charge in [0.15, 0.2) is 5.16 Å². The Morgan fingerprint density at radius 3 is 2.70 bits per heavy atom. The summed E-state index contributed by atoms with van der Waals surface area (Å²) < 4.78 is 2.23. The molecule has 146 valence electrons. The van der Waals surface area contributed by atoms with Crippen LogP contribution in [0.15, 0.2) is 35.6 Å². The molecule has 1 aromatic heterocycles. The van der Waals surface area contributed by atoms with E-state index in [1.807, 2.05) is 35.4 Å². The van der Waals surface area contributed by atoms with Gasteiger partial charge < -0.3 is 9.47 Å². The summed E-state index contributed by atoms with van der Waals surface area (Å²) in [5, 5.41) is 1.64. The van der Waals surface area contributed by atoms with Gasteiger partial charge in [-0.05, 0) is 49.8 Å². The highest BCUT2D eigenvalue weighted by Gasteiger charge is 2.24. The van der Waals surface area contributed by atoms with Crippen molar-refractivity contribution >= 4 is 29.3 Å². The molecule has 4 nitrogen and oxygen atoms in total. The molecule has 27 heavy (non-hydrogen) atoms. The van der Waals surface area contributed by atoms with Gasteiger partial charge in [-0.15, -0.1) is 0 Å². The number of thioether (sulfide) groups is 1. The van der Waals surface area contributed by atoms with Gasteiger partial charge in [-0.3, -0.25) is 4.79 Å². The fourth-order valence-corrected chi connectivity index (χ4v) is 4.54. The second-order valence-electron chi connectivity index (χ2n) is 7.66. The molecule has 1 saturated heterocycles. The first-order valence-corrected chi connectivity index (χ1v) is 11.1. The Balaban J connectivity index is 1.76. The molecule has 2 heterocycles. The molecule has 0 spiro atoms. The van der Waals surface area contributed by atoms with E-state index in [9.17, 15) is 4.79 Å². The number of amides is 1. The molecule has 3 rings (SSSR count). The molecule has 0 saturated carbocycles. The first kappa shape index (κ1) is 20.3. The molecular weight excluding hydrogens is 378 g/mol. The third-order valence-corrected chi connectivity index (χ3v) is 6.18. The Bertz CT molecular complexity index is 772. The van der Waals surface area contributed by atoms with Crippen molar-refractivity contribution in [2.45, 2.75) is 57.8 Å². The van der Waals surface area contributed by atoms with E-state index < -0.39 is 0 Å². The normalized spacial score (nSPS) is 17.5. The van der Waals surface area contributed by atoms with E-state index in [0.29, 0.717) is 17.7 Å². The molecule has 1 amide bonds. The van der Waals surface area contributed by atoms with E-state index in [1.54, 1.807) is 11.8 Å². The minimum Gasteiger partial charge on any atom is -0.339 e. The molecule has 0 N–H and O–H groups in total. The third-order valence-electron chi connectivity index (χ3n) is 4.95. The standard InChI is InChI=1S/C21H28ClN3OS/c1-15(2)13-25-19(17-7-9-18(22)10-8-17)12-23-21(25)27-14-20(26)24-11-5-4-6-16(24)3/h7-10,12,15-16H,4-6,11,13-14H2,1-3H3/t16-/m1/s1. The minimum absolute atomic E-state index is 0.222. The highest BCUT2D eigenvalue weighted by atomic mass is 35.5. The molecule has 0 bridgehead atoms. The van der Waals surface area contributed by atoms with E-state index >= 15 is 0 Å². The number of benzene rings is 1. The summed E-state index contributed by atoms with van der Waals surface area (Å²) >= 11 is 7.58. The molecule has 0 unspecified atom stereocenters. The Morgan fingerprint density at radius 1 is 1.30 bits per heavy atom. The third kappa shape index (κ3) is 5.08. The van der Waals surface area contributed by atoms with E-state index in [-0.39, 0.29) is 5.91 Å². The minimum atomic E-state index is 0.222. The van der Waals surface area contributed by atoms with Gasteiger partial charge in [0.2, 0.25) is 5.91 Å². The number of halogens is 1. The van der Waals surface area contributed by atoms with Crippen LogP contribution in [0.3, 0.4) is 0 Å². The number of hydrogen-bond acceptors (Lipinski definition) is 3. The van der Waals surface area contributed by atoms with Crippen molar-refractivity contribution in [2.75, 3.05) is 12.3 Å². The average Bonchev–Trinajstić information content (AvgIpc) is 3.02. The maximum absolute atomic E-state index is 12.7. The van der Waals surface area contributed by atoms with Gasteiger partial charge in [0.05, 0.1) is 17.6 Å². The highest BCUT2D eigenvalue weighted by molar-refractivity contribution is 7.99. The molecule has 1 fully saturated rings.